The fraction of sp³-hybridized carbons (Fsp3) is 0.400. The second-order valence-corrected chi connectivity index (χ2v) is 5.62. The second-order valence-electron chi connectivity index (χ2n) is 5.62. The van der Waals surface area contributed by atoms with Gasteiger partial charge in [-0.25, -0.2) is 0 Å². The molecule has 1 aromatic carbocycles. The summed E-state index contributed by atoms with van der Waals surface area (Å²) in [5.74, 6) is 0. The molecule has 17 heavy (non-hydrogen) atoms. The fourth-order valence-electron chi connectivity index (χ4n) is 2.02. The standard InChI is InChI=1S/C15H20N2/c1-11-10-14(17(5)16-11)12-6-8-13(9-7-12)15(2,3)4/h6-10H,1-5H3. The Labute approximate surface area is 103 Å². The Hall–Kier alpha value is -1.57. The van der Waals surface area contributed by atoms with Crippen molar-refractivity contribution in [3.8, 4) is 11.3 Å². The molecular formula is C15H20N2. The Balaban J connectivity index is 2.39. The zero-order chi connectivity index (χ0) is 12.6. The SMILES string of the molecule is Cc1cc(-c2ccc(C(C)(C)C)cc2)n(C)n1. The lowest BCUT2D eigenvalue weighted by molar-refractivity contribution is 0.590. The molecule has 90 valence electrons. The largest absolute Gasteiger partial charge is 0.268 e. The molecule has 2 heteroatoms. The molecule has 1 heterocycles. The van der Waals surface area contributed by atoms with Crippen LogP contribution in [-0.2, 0) is 12.5 Å². The van der Waals surface area contributed by atoms with Gasteiger partial charge in [0.1, 0.15) is 0 Å². The van der Waals surface area contributed by atoms with Crippen LogP contribution in [0.2, 0.25) is 0 Å². The third-order valence-electron chi connectivity index (χ3n) is 3.05. The Kier molecular flexibility index (Phi) is 2.82. The summed E-state index contributed by atoms with van der Waals surface area (Å²) >= 11 is 0. The van der Waals surface area contributed by atoms with E-state index in [1.54, 1.807) is 0 Å². The van der Waals surface area contributed by atoms with Crippen LogP contribution >= 0.6 is 0 Å². The van der Waals surface area contributed by atoms with E-state index in [4.69, 9.17) is 0 Å². The highest BCUT2D eigenvalue weighted by Gasteiger charge is 2.13. The molecule has 0 aliphatic heterocycles. The van der Waals surface area contributed by atoms with Crippen LogP contribution in [0.1, 0.15) is 32.0 Å². The number of aromatic nitrogens is 2. The molecule has 2 aromatic rings. The lowest BCUT2D eigenvalue weighted by Gasteiger charge is -2.19. The van der Waals surface area contributed by atoms with E-state index in [1.807, 2.05) is 18.7 Å². The minimum Gasteiger partial charge on any atom is -0.268 e. The molecule has 0 spiro atoms. The van der Waals surface area contributed by atoms with Crippen LogP contribution in [0, 0.1) is 6.92 Å². The van der Waals surface area contributed by atoms with Crippen molar-refractivity contribution < 1.29 is 0 Å². The lowest BCUT2D eigenvalue weighted by atomic mass is 9.86. The monoisotopic (exact) mass is 228 g/mol. The van der Waals surface area contributed by atoms with Gasteiger partial charge in [0.15, 0.2) is 0 Å². The van der Waals surface area contributed by atoms with Crippen molar-refractivity contribution in [1.29, 1.82) is 0 Å². The van der Waals surface area contributed by atoms with Crippen molar-refractivity contribution >= 4 is 0 Å². The molecule has 0 unspecified atom stereocenters. The number of nitrogens with zero attached hydrogens (tertiary/aromatic N) is 2. The predicted molar refractivity (Wildman–Crippen MR) is 72.1 cm³/mol. The second kappa shape index (κ2) is 4.02. The van der Waals surface area contributed by atoms with Crippen molar-refractivity contribution in [3.05, 3.63) is 41.6 Å². The number of aryl methyl sites for hydroxylation is 2. The molecule has 0 aliphatic rings. The summed E-state index contributed by atoms with van der Waals surface area (Å²) in [6.07, 6.45) is 0. The molecule has 0 saturated heterocycles. The number of benzene rings is 1. The Morgan fingerprint density at radius 3 is 2.06 bits per heavy atom. The van der Waals surface area contributed by atoms with E-state index in [9.17, 15) is 0 Å². The molecule has 2 nitrogen and oxygen atoms in total. The Morgan fingerprint density at radius 2 is 1.65 bits per heavy atom. The maximum absolute atomic E-state index is 4.38. The molecule has 0 saturated carbocycles. The van der Waals surface area contributed by atoms with E-state index in [0.717, 1.165) is 5.69 Å². The number of hydrogen-bond acceptors (Lipinski definition) is 1. The average molecular weight is 228 g/mol. The van der Waals surface area contributed by atoms with Crippen LogP contribution in [0.15, 0.2) is 30.3 Å². The van der Waals surface area contributed by atoms with Crippen molar-refractivity contribution in [2.24, 2.45) is 7.05 Å². The average Bonchev–Trinajstić information content (AvgIpc) is 2.57. The minimum absolute atomic E-state index is 0.209. The first-order chi connectivity index (χ1) is 7.88. The number of rotatable bonds is 1. The molecule has 0 atom stereocenters. The first kappa shape index (κ1) is 11.9. The topological polar surface area (TPSA) is 17.8 Å². The highest BCUT2D eigenvalue weighted by atomic mass is 15.3. The summed E-state index contributed by atoms with van der Waals surface area (Å²) in [6, 6.07) is 10.9. The zero-order valence-corrected chi connectivity index (χ0v) is 11.3. The van der Waals surface area contributed by atoms with Gasteiger partial charge < -0.3 is 0 Å². The smallest absolute Gasteiger partial charge is 0.0681 e. The van der Waals surface area contributed by atoms with Gasteiger partial charge >= 0.3 is 0 Å². The van der Waals surface area contributed by atoms with Crippen LogP contribution in [0.3, 0.4) is 0 Å². The van der Waals surface area contributed by atoms with Gasteiger partial charge in [-0.2, -0.15) is 5.10 Å². The van der Waals surface area contributed by atoms with Gasteiger partial charge in [0.25, 0.3) is 0 Å². The third-order valence-corrected chi connectivity index (χ3v) is 3.05. The summed E-state index contributed by atoms with van der Waals surface area (Å²) in [5, 5.41) is 4.38. The van der Waals surface area contributed by atoms with E-state index in [-0.39, 0.29) is 5.41 Å². The fourth-order valence-corrected chi connectivity index (χ4v) is 2.02. The predicted octanol–water partition coefficient (Wildman–Crippen LogP) is 3.69. The van der Waals surface area contributed by atoms with E-state index >= 15 is 0 Å². The van der Waals surface area contributed by atoms with Crippen LogP contribution < -0.4 is 0 Å². The van der Waals surface area contributed by atoms with Crippen LogP contribution in [-0.4, -0.2) is 9.78 Å². The van der Waals surface area contributed by atoms with Crippen molar-refractivity contribution in [1.82, 2.24) is 9.78 Å². The molecule has 0 aliphatic carbocycles. The van der Waals surface area contributed by atoms with Crippen LogP contribution in [0.25, 0.3) is 11.3 Å². The third kappa shape index (κ3) is 2.41. The summed E-state index contributed by atoms with van der Waals surface area (Å²) in [4.78, 5) is 0. The lowest BCUT2D eigenvalue weighted by Crippen LogP contribution is -2.10. The van der Waals surface area contributed by atoms with Gasteiger partial charge in [0.2, 0.25) is 0 Å². The van der Waals surface area contributed by atoms with Crippen molar-refractivity contribution in [2.45, 2.75) is 33.1 Å². The van der Waals surface area contributed by atoms with Crippen LogP contribution in [0.4, 0.5) is 0 Å². The molecule has 1 aromatic heterocycles. The highest BCUT2D eigenvalue weighted by molar-refractivity contribution is 5.60. The van der Waals surface area contributed by atoms with Gasteiger partial charge in [-0.15, -0.1) is 0 Å². The molecule has 0 amide bonds. The van der Waals surface area contributed by atoms with E-state index in [0.29, 0.717) is 0 Å². The maximum Gasteiger partial charge on any atom is 0.0681 e. The van der Waals surface area contributed by atoms with Gasteiger partial charge in [-0.3, -0.25) is 4.68 Å². The van der Waals surface area contributed by atoms with E-state index in [1.165, 1.54) is 16.8 Å². The van der Waals surface area contributed by atoms with E-state index in [2.05, 4.69) is 56.2 Å². The normalized spacial score (nSPS) is 11.8. The Bertz CT molecular complexity index is 513. The van der Waals surface area contributed by atoms with Gasteiger partial charge in [0.05, 0.1) is 11.4 Å². The maximum atomic E-state index is 4.38. The molecule has 0 bridgehead atoms. The summed E-state index contributed by atoms with van der Waals surface area (Å²) in [6.45, 7) is 8.72. The minimum atomic E-state index is 0.209. The Morgan fingerprint density at radius 1 is 1.06 bits per heavy atom. The molecule has 0 N–H and O–H groups in total. The molecule has 0 radical (unpaired) electrons. The van der Waals surface area contributed by atoms with Crippen molar-refractivity contribution in [2.75, 3.05) is 0 Å². The first-order valence-corrected chi connectivity index (χ1v) is 5.99. The van der Waals surface area contributed by atoms with Crippen molar-refractivity contribution in [3.63, 3.8) is 0 Å². The molecule has 0 fully saturated rings. The quantitative estimate of drug-likeness (QED) is 0.728. The summed E-state index contributed by atoms with van der Waals surface area (Å²) in [7, 11) is 1.99. The van der Waals surface area contributed by atoms with Gasteiger partial charge in [0, 0.05) is 7.05 Å². The van der Waals surface area contributed by atoms with Gasteiger partial charge in [-0.05, 0) is 29.5 Å². The molecular weight excluding hydrogens is 208 g/mol. The zero-order valence-electron chi connectivity index (χ0n) is 11.3. The summed E-state index contributed by atoms with van der Waals surface area (Å²) < 4.78 is 1.93. The van der Waals surface area contributed by atoms with Crippen LogP contribution in [0.5, 0.6) is 0 Å². The highest BCUT2D eigenvalue weighted by Crippen LogP contribution is 2.26. The number of hydrogen-bond donors (Lipinski definition) is 0. The van der Waals surface area contributed by atoms with E-state index < -0.39 is 0 Å². The first-order valence-electron chi connectivity index (χ1n) is 5.99. The summed E-state index contributed by atoms with van der Waals surface area (Å²) in [5.41, 5.74) is 5.02. The van der Waals surface area contributed by atoms with Gasteiger partial charge in [-0.1, -0.05) is 45.0 Å². The molecule has 2 rings (SSSR count).